The molecule has 1 amide bonds. The highest BCUT2D eigenvalue weighted by Gasteiger charge is 2.26. The van der Waals surface area contributed by atoms with Crippen LogP contribution in [0.3, 0.4) is 0 Å². The first-order valence-corrected chi connectivity index (χ1v) is 6.15. The topological polar surface area (TPSA) is 62.1 Å². The summed E-state index contributed by atoms with van der Waals surface area (Å²) in [6.45, 7) is 2.26. The van der Waals surface area contributed by atoms with Gasteiger partial charge in [0, 0.05) is 0 Å². The summed E-state index contributed by atoms with van der Waals surface area (Å²) in [6.07, 6.45) is 1.29. The molecule has 0 aliphatic carbocycles. The molecule has 0 saturated heterocycles. The predicted octanol–water partition coefficient (Wildman–Crippen LogP) is 1.66. The number of hydrogen-bond donors (Lipinski definition) is 1. The Bertz CT molecular complexity index is 479. The quantitative estimate of drug-likeness (QED) is 0.879. The van der Waals surface area contributed by atoms with Crippen molar-refractivity contribution in [2.45, 2.75) is 25.8 Å². The smallest absolute Gasteiger partial charge is 0.227 e. The van der Waals surface area contributed by atoms with Crippen molar-refractivity contribution in [3.63, 3.8) is 0 Å². The van der Waals surface area contributed by atoms with Crippen molar-refractivity contribution in [3.05, 3.63) is 29.8 Å². The Kier molecular flexibility index (Phi) is 3.83. The highest BCUT2D eigenvalue weighted by atomic mass is 16.5. The molecule has 0 aromatic heterocycles. The number of hydrogen-bond acceptors (Lipinski definition) is 3. The first-order chi connectivity index (χ1) is 8.74. The summed E-state index contributed by atoms with van der Waals surface area (Å²) >= 11 is 0. The van der Waals surface area contributed by atoms with Gasteiger partial charge in [0.2, 0.25) is 5.91 Å². The van der Waals surface area contributed by atoms with Gasteiger partial charge in [0.15, 0.2) is 0 Å². The minimum Gasteiger partial charge on any atom is -0.492 e. The van der Waals surface area contributed by atoms with E-state index in [0.29, 0.717) is 19.4 Å². The summed E-state index contributed by atoms with van der Waals surface area (Å²) in [5, 5.41) is 11.6. The summed E-state index contributed by atoms with van der Waals surface area (Å²) in [4.78, 5) is 12.0. The Labute approximate surface area is 107 Å². The summed E-state index contributed by atoms with van der Waals surface area (Å²) in [5.41, 5.74) is 1.05. The highest BCUT2D eigenvalue weighted by Crippen LogP contribution is 2.26. The lowest BCUT2D eigenvalue weighted by molar-refractivity contribution is -0.126. The lowest BCUT2D eigenvalue weighted by atomic mass is 9.96. The molecule has 1 aromatic carbocycles. The van der Waals surface area contributed by atoms with E-state index in [4.69, 9.17) is 10.00 Å². The second-order valence-corrected chi connectivity index (χ2v) is 4.42. The minimum absolute atomic E-state index is 0.0992. The molecule has 18 heavy (non-hydrogen) atoms. The monoisotopic (exact) mass is 244 g/mol. The average Bonchev–Trinajstić information content (AvgIpc) is 2.44. The van der Waals surface area contributed by atoms with Gasteiger partial charge in [-0.2, -0.15) is 5.26 Å². The third-order valence-electron chi connectivity index (χ3n) is 3.13. The van der Waals surface area contributed by atoms with Crippen LogP contribution in [-0.4, -0.2) is 18.6 Å². The molecular weight excluding hydrogens is 228 g/mol. The number of benzene rings is 1. The zero-order valence-electron chi connectivity index (χ0n) is 10.3. The maximum absolute atomic E-state index is 12.0. The SMILES string of the molecule is CCC(C#N)NC(=O)C1COc2ccccc2C1. The second kappa shape index (κ2) is 5.54. The van der Waals surface area contributed by atoms with E-state index in [1.54, 1.807) is 0 Å². The average molecular weight is 244 g/mol. The minimum atomic E-state index is -0.408. The van der Waals surface area contributed by atoms with Crippen molar-refractivity contribution in [1.82, 2.24) is 5.32 Å². The molecule has 0 bridgehead atoms. The predicted molar refractivity (Wildman–Crippen MR) is 67.0 cm³/mol. The van der Waals surface area contributed by atoms with Crippen LogP contribution in [0.15, 0.2) is 24.3 Å². The second-order valence-electron chi connectivity index (χ2n) is 4.42. The van der Waals surface area contributed by atoms with Crippen LogP contribution in [-0.2, 0) is 11.2 Å². The van der Waals surface area contributed by atoms with Gasteiger partial charge in [-0.1, -0.05) is 25.1 Å². The number of para-hydroxylation sites is 1. The first kappa shape index (κ1) is 12.4. The van der Waals surface area contributed by atoms with Gasteiger partial charge in [-0.15, -0.1) is 0 Å². The van der Waals surface area contributed by atoms with E-state index < -0.39 is 6.04 Å². The lowest BCUT2D eigenvalue weighted by Crippen LogP contribution is -2.41. The fourth-order valence-corrected chi connectivity index (χ4v) is 2.01. The van der Waals surface area contributed by atoms with E-state index >= 15 is 0 Å². The number of nitrogens with one attached hydrogen (secondary N) is 1. The zero-order chi connectivity index (χ0) is 13.0. The number of carbonyl (C=O) groups excluding carboxylic acids is 1. The molecule has 94 valence electrons. The Morgan fingerprint density at radius 3 is 3.11 bits per heavy atom. The maximum atomic E-state index is 12.0. The molecule has 0 radical (unpaired) electrons. The van der Waals surface area contributed by atoms with Crippen LogP contribution in [0.4, 0.5) is 0 Å². The molecule has 0 saturated carbocycles. The number of rotatable bonds is 3. The number of nitrogens with zero attached hydrogens (tertiary/aromatic N) is 1. The Morgan fingerprint density at radius 2 is 2.39 bits per heavy atom. The third kappa shape index (κ3) is 2.62. The van der Waals surface area contributed by atoms with Crippen LogP contribution in [0.2, 0.25) is 0 Å². The number of ether oxygens (including phenoxy) is 1. The molecule has 0 fully saturated rings. The Hall–Kier alpha value is -2.02. The highest BCUT2D eigenvalue weighted by molar-refractivity contribution is 5.80. The zero-order valence-corrected chi connectivity index (χ0v) is 10.3. The van der Waals surface area contributed by atoms with Crippen LogP contribution in [0, 0.1) is 17.2 Å². The number of amides is 1. The molecule has 2 rings (SSSR count). The standard InChI is InChI=1S/C14H16N2O2/c1-2-12(8-15)16-14(17)11-7-10-5-3-4-6-13(10)18-9-11/h3-6,11-12H,2,7,9H2,1H3,(H,16,17). The van der Waals surface area contributed by atoms with Crippen LogP contribution in [0.25, 0.3) is 0 Å². The molecule has 1 aromatic rings. The number of nitriles is 1. The van der Waals surface area contributed by atoms with Crippen molar-refractivity contribution in [2.75, 3.05) is 6.61 Å². The molecule has 1 aliphatic heterocycles. The van der Waals surface area contributed by atoms with Crippen LogP contribution in [0.1, 0.15) is 18.9 Å². The van der Waals surface area contributed by atoms with E-state index in [1.807, 2.05) is 31.2 Å². The first-order valence-electron chi connectivity index (χ1n) is 6.15. The Morgan fingerprint density at radius 1 is 1.61 bits per heavy atom. The van der Waals surface area contributed by atoms with E-state index in [2.05, 4.69) is 11.4 Å². The van der Waals surface area contributed by atoms with Crippen molar-refractivity contribution in [3.8, 4) is 11.8 Å². The molecule has 0 spiro atoms. The molecule has 4 nitrogen and oxygen atoms in total. The van der Waals surface area contributed by atoms with Gasteiger partial charge in [0.25, 0.3) is 0 Å². The molecule has 1 N–H and O–H groups in total. The van der Waals surface area contributed by atoms with Gasteiger partial charge >= 0.3 is 0 Å². The van der Waals surface area contributed by atoms with E-state index in [0.717, 1.165) is 11.3 Å². The summed E-state index contributed by atoms with van der Waals surface area (Å²) in [5.74, 6) is 0.550. The van der Waals surface area contributed by atoms with Crippen molar-refractivity contribution in [1.29, 1.82) is 5.26 Å². The largest absolute Gasteiger partial charge is 0.492 e. The fourth-order valence-electron chi connectivity index (χ4n) is 2.01. The van der Waals surface area contributed by atoms with E-state index in [-0.39, 0.29) is 11.8 Å². The molecule has 2 atom stereocenters. The van der Waals surface area contributed by atoms with Gasteiger partial charge in [-0.05, 0) is 24.5 Å². The normalized spacial score (nSPS) is 19.0. The Balaban J connectivity index is 2.01. The fraction of sp³-hybridized carbons (Fsp3) is 0.429. The van der Waals surface area contributed by atoms with Crippen LogP contribution >= 0.6 is 0 Å². The molecule has 1 aliphatic rings. The summed E-state index contributed by atoms with van der Waals surface area (Å²) in [6, 6.07) is 9.40. The van der Waals surface area contributed by atoms with E-state index in [1.165, 1.54) is 0 Å². The molecular formula is C14H16N2O2. The number of fused-ring (bicyclic) bond motifs is 1. The molecule has 1 heterocycles. The lowest BCUT2D eigenvalue weighted by Gasteiger charge is -2.25. The van der Waals surface area contributed by atoms with Gasteiger partial charge in [0.1, 0.15) is 18.4 Å². The molecule has 4 heteroatoms. The summed E-state index contributed by atoms with van der Waals surface area (Å²) in [7, 11) is 0. The van der Waals surface area contributed by atoms with Crippen molar-refractivity contribution in [2.24, 2.45) is 5.92 Å². The third-order valence-corrected chi connectivity index (χ3v) is 3.13. The van der Waals surface area contributed by atoms with Crippen molar-refractivity contribution >= 4 is 5.91 Å². The van der Waals surface area contributed by atoms with Crippen molar-refractivity contribution < 1.29 is 9.53 Å². The maximum Gasteiger partial charge on any atom is 0.227 e. The van der Waals surface area contributed by atoms with Gasteiger partial charge in [-0.25, -0.2) is 0 Å². The number of carbonyl (C=O) groups is 1. The van der Waals surface area contributed by atoms with Crippen LogP contribution < -0.4 is 10.1 Å². The van der Waals surface area contributed by atoms with E-state index in [9.17, 15) is 4.79 Å². The molecule has 2 unspecified atom stereocenters. The van der Waals surface area contributed by atoms with Crippen LogP contribution in [0.5, 0.6) is 5.75 Å². The summed E-state index contributed by atoms with van der Waals surface area (Å²) < 4.78 is 5.56. The van der Waals surface area contributed by atoms with Gasteiger partial charge in [0.05, 0.1) is 12.0 Å². The van der Waals surface area contributed by atoms with Gasteiger partial charge < -0.3 is 10.1 Å². The van der Waals surface area contributed by atoms with Gasteiger partial charge in [-0.3, -0.25) is 4.79 Å².